The zero-order valence-corrected chi connectivity index (χ0v) is 14.1. The van der Waals surface area contributed by atoms with Gasteiger partial charge in [-0.3, -0.25) is 0 Å². The summed E-state index contributed by atoms with van der Waals surface area (Å²) in [6.07, 6.45) is 3.49. The molecule has 0 amide bonds. The highest BCUT2D eigenvalue weighted by atomic mass is 19.1. The molecule has 3 N–H and O–H groups in total. The molecule has 4 rings (SSSR count). The van der Waals surface area contributed by atoms with Gasteiger partial charge in [-0.05, 0) is 67.1 Å². The second-order valence-corrected chi connectivity index (χ2v) is 9.02. The SMILES string of the molecule is C[C@]12CCC(O)C=C1CC(O)[C@@H]1[C@H]2CC[C@]2(C)C(O)C(F)C[C@@H]12. The first-order valence-electron chi connectivity index (χ1n) is 9.17. The summed E-state index contributed by atoms with van der Waals surface area (Å²) in [5.41, 5.74) is 0.820. The molecule has 0 heterocycles. The number of aliphatic hydroxyl groups excluding tert-OH is 3. The minimum Gasteiger partial charge on any atom is -0.392 e. The molecule has 0 saturated heterocycles. The average Bonchev–Trinajstić information content (AvgIpc) is 2.73. The van der Waals surface area contributed by atoms with E-state index in [1.807, 2.05) is 13.0 Å². The van der Waals surface area contributed by atoms with E-state index in [-0.39, 0.29) is 23.4 Å². The van der Waals surface area contributed by atoms with Gasteiger partial charge >= 0.3 is 0 Å². The predicted octanol–water partition coefficient (Wildman–Crippen LogP) is 2.59. The summed E-state index contributed by atoms with van der Waals surface area (Å²) >= 11 is 0. The lowest BCUT2D eigenvalue weighted by Gasteiger charge is -2.59. The summed E-state index contributed by atoms with van der Waals surface area (Å²) < 4.78 is 14.3. The van der Waals surface area contributed by atoms with Crippen molar-refractivity contribution in [2.24, 2.45) is 28.6 Å². The van der Waals surface area contributed by atoms with Crippen LogP contribution in [-0.2, 0) is 0 Å². The highest BCUT2D eigenvalue weighted by Gasteiger charge is 2.63. The molecule has 0 aromatic heterocycles. The molecule has 3 saturated carbocycles. The molecular formula is C19H29FO3. The molecule has 0 radical (unpaired) electrons. The molecule has 9 atom stereocenters. The smallest absolute Gasteiger partial charge is 0.127 e. The van der Waals surface area contributed by atoms with Gasteiger partial charge in [0.05, 0.1) is 18.3 Å². The Morgan fingerprint density at radius 2 is 1.83 bits per heavy atom. The molecule has 4 aliphatic carbocycles. The topological polar surface area (TPSA) is 60.7 Å². The summed E-state index contributed by atoms with van der Waals surface area (Å²) in [7, 11) is 0. The van der Waals surface area contributed by atoms with Crippen molar-refractivity contribution in [2.75, 3.05) is 0 Å². The van der Waals surface area contributed by atoms with Crippen LogP contribution >= 0.6 is 0 Å². The largest absolute Gasteiger partial charge is 0.392 e. The van der Waals surface area contributed by atoms with E-state index in [9.17, 15) is 19.7 Å². The second kappa shape index (κ2) is 5.03. The zero-order valence-electron chi connectivity index (χ0n) is 14.1. The molecular weight excluding hydrogens is 295 g/mol. The van der Waals surface area contributed by atoms with Gasteiger partial charge in [-0.2, -0.15) is 0 Å². The first-order chi connectivity index (χ1) is 10.8. The van der Waals surface area contributed by atoms with Crippen molar-refractivity contribution in [3.63, 3.8) is 0 Å². The van der Waals surface area contributed by atoms with Gasteiger partial charge in [-0.1, -0.05) is 25.5 Å². The van der Waals surface area contributed by atoms with Gasteiger partial charge in [-0.15, -0.1) is 0 Å². The lowest BCUT2D eigenvalue weighted by molar-refractivity contribution is -0.123. The molecule has 0 spiro atoms. The molecule has 4 aliphatic rings. The lowest BCUT2D eigenvalue weighted by Crippen LogP contribution is -2.56. The molecule has 4 heteroatoms. The van der Waals surface area contributed by atoms with E-state index < -0.39 is 23.8 Å². The van der Waals surface area contributed by atoms with Gasteiger partial charge in [0.15, 0.2) is 0 Å². The molecule has 0 aliphatic heterocycles. The third-order valence-electron chi connectivity index (χ3n) is 8.05. The van der Waals surface area contributed by atoms with Crippen molar-refractivity contribution in [1.82, 2.24) is 0 Å². The van der Waals surface area contributed by atoms with Gasteiger partial charge in [-0.25, -0.2) is 4.39 Å². The normalized spacial score (nSPS) is 58.9. The summed E-state index contributed by atoms with van der Waals surface area (Å²) in [5.74, 6) is 0.466. The third-order valence-corrected chi connectivity index (χ3v) is 8.05. The van der Waals surface area contributed by atoms with Crippen molar-refractivity contribution in [1.29, 1.82) is 0 Å². The van der Waals surface area contributed by atoms with Crippen LogP contribution in [0.1, 0.15) is 52.4 Å². The van der Waals surface area contributed by atoms with Crippen LogP contribution in [0.25, 0.3) is 0 Å². The van der Waals surface area contributed by atoms with E-state index in [4.69, 9.17) is 0 Å². The molecule has 23 heavy (non-hydrogen) atoms. The van der Waals surface area contributed by atoms with Crippen LogP contribution in [0.3, 0.4) is 0 Å². The quantitative estimate of drug-likeness (QED) is 0.600. The Morgan fingerprint density at radius 1 is 1.09 bits per heavy atom. The van der Waals surface area contributed by atoms with Crippen LogP contribution in [0.4, 0.5) is 4.39 Å². The van der Waals surface area contributed by atoms with Crippen LogP contribution in [0.2, 0.25) is 0 Å². The average molecular weight is 324 g/mol. The predicted molar refractivity (Wildman–Crippen MR) is 85.4 cm³/mol. The van der Waals surface area contributed by atoms with Gasteiger partial charge in [0, 0.05) is 0 Å². The maximum atomic E-state index is 14.3. The molecule has 0 aromatic rings. The van der Waals surface area contributed by atoms with E-state index in [1.54, 1.807) is 0 Å². The summed E-state index contributed by atoms with van der Waals surface area (Å²) in [6, 6.07) is 0. The van der Waals surface area contributed by atoms with Crippen LogP contribution in [0.5, 0.6) is 0 Å². The number of hydrogen-bond donors (Lipinski definition) is 3. The van der Waals surface area contributed by atoms with E-state index in [1.165, 1.54) is 5.57 Å². The third kappa shape index (κ3) is 2.04. The monoisotopic (exact) mass is 324 g/mol. The fourth-order valence-corrected chi connectivity index (χ4v) is 6.62. The van der Waals surface area contributed by atoms with Crippen molar-refractivity contribution < 1.29 is 19.7 Å². The van der Waals surface area contributed by atoms with Crippen molar-refractivity contribution in [3.8, 4) is 0 Å². The molecule has 0 aromatic carbocycles. The molecule has 3 fully saturated rings. The fourth-order valence-electron chi connectivity index (χ4n) is 6.62. The number of alkyl halides is 1. The lowest BCUT2D eigenvalue weighted by atomic mass is 9.46. The number of halogens is 1. The van der Waals surface area contributed by atoms with Gasteiger partial charge < -0.3 is 15.3 Å². The number of fused-ring (bicyclic) bond motifs is 5. The van der Waals surface area contributed by atoms with E-state index in [2.05, 4.69) is 6.92 Å². The Balaban J connectivity index is 1.73. The minimum atomic E-state index is -1.16. The highest BCUT2D eigenvalue weighted by Crippen LogP contribution is 2.65. The Kier molecular flexibility index (Phi) is 3.51. The fraction of sp³-hybridized carbons (Fsp3) is 0.895. The van der Waals surface area contributed by atoms with Crippen LogP contribution in [0.15, 0.2) is 11.6 Å². The van der Waals surface area contributed by atoms with E-state index in [0.29, 0.717) is 18.8 Å². The summed E-state index contributed by atoms with van der Waals surface area (Å²) in [4.78, 5) is 0. The number of hydrogen-bond acceptors (Lipinski definition) is 3. The molecule has 130 valence electrons. The van der Waals surface area contributed by atoms with Gasteiger partial charge in [0.1, 0.15) is 6.17 Å². The maximum Gasteiger partial charge on any atom is 0.127 e. The Hall–Kier alpha value is -0.450. The molecule has 4 unspecified atom stereocenters. The standard InChI is InChI=1S/C19H29FO3/c1-18-5-3-11(21)7-10(18)8-15(22)16-12(18)4-6-19(2)13(16)9-14(20)17(19)23/h7,11-17,21-23H,3-6,8-9H2,1-2H3/t11?,12-,13+,14?,15?,16-,17?,18+,19+/m1/s1. The van der Waals surface area contributed by atoms with Gasteiger partial charge in [0.2, 0.25) is 0 Å². The van der Waals surface area contributed by atoms with Gasteiger partial charge in [0.25, 0.3) is 0 Å². The minimum absolute atomic E-state index is 0.0177. The van der Waals surface area contributed by atoms with Crippen molar-refractivity contribution >= 4 is 0 Å². The van der Waals surface area contributed by atoms with Crippen LogP contribution in [-0.4, -0.2) is 39.8 Å². The Labute approximate surface area is 137 Å². The van der Waals surface area contributed by atoms with Crippen molar-refractivity contribution in [3.05, 3.63) is 11.6 Å². The van der Waals surface area contributed by atoms with E-state index >= 15 is 0 Å². The Bertz CT molecular complexity index is 535. The van der Waals surface area contributed by atoms with Crippen molar-refractivity contribution in [2.45, 2.75) is 76.9 Å². The zero-order chi connectivity index (χ0) is 16.6. The highest BCUT2D eigenvalue weighted by molar-refractivity contribution is 5.27. The summed E-state index contributed by atoms with van der Waals surface area (Å²) in [6.45, 7) is 4.29. The first-order valence-corrected chi connectivity index (χ1v) is 9.17. The van der Waals surface area contributed by atoms with Crippen LogP contribution < -0.4 is 0 Å². The Morgan fingerprint density at radius 3 is 2.57 bits per heavy atom. The first kappa shape index (κ1) is 16.0. The van der Waals surface area contributed by atoms with Crippen LogP contribution in [0, 0.1) is 28.6 Å². The second-order valence-electron chi connectivity index (χ2n) is 9.02. The maximum absolute atomic E-state index is 14.3. The number of aliphatic hydroxyl groups is 3. The number of rotatable bonds is 0. The summed E-state index contributed by atoms with van der Waals surface area (Å²) in [5, 5.41) is 31.2. The van der Waals surface area contributed by atoms with E-state index in [0.717, 1.165) is 25.7 Å². The molecule has 3 nitrogen and oxygen atoms in total. The molecule has 0 bridgehead atoms.